The van der Waals surface area contributed by atoms with E-state index in [1.54, 1.807) is 6.07 Å². The topological polar surface area (TPSA) is 33.6 Å². The summed E-state index contributed by atoms with van der Waals surface area (Å²) < 4.78 is 18.6. The largest absolute Gasteiger partial charge is 0.470 e. The molecule has 1 fully saturated rings. The molecule has 2 aliphatic heterocycles. The molecule has 2 unspecified atom stereocenters. The number of fused-ring (bicyclic) bond motifs is 1. The number of benzene rings is 1. The van der Waals surface area contributed by atoms with Crippen LogP contribution in [0.25, 0.3) is 0 Å². The van der Waals surface area contributed by atoms with Gasteiger partial charge < -0.3 is 10.1 Å². The van der Waals surface area contributed by atoms with Gasteiger partial charge in [-0.25, -0.2) is 9.38 Å². The van der Waals surface area contributed by atoms with Crippen LogP contribution in [0.5, 0.6) is 0 Å². The minimum absolute atomic E-state index is 0.128. The zero-order chi connectivity index (χ0) is 10.3. The summed E-state index contributed by atoms with van der Waals surface area (Å²) in [6.45, 7) is 1.68. The van der Waals surface area contributed by atoms with Crippen molar-refractivity contribution in [2.45, 2.75) is 12.1 Å². The Balaban J connectivity index is 1.90. The smallest absolute Gasteiger partial charge is 0.217 e. The number of hydrogen-bond acceptors (Lipinski definition) is 3. The third kappa shape index (κ3) is 1.51. The van der Waals surface area contributed by atoms with Gasteiger partial charge in [-0.2, -0.15) is 0 Å². The first-order valence-electron chi connectivity index (χ1n) is 5.04. The second kappa shape index (κ2) is 3.31. The SMILES string of the molecule is Fc1cccc(C2=NC3CNCC3O2)c1. The van der Waals surface area contributed by atoms with Crippen molar-refractivity contribution >= 4 is 5.90 Å². The molecule has 0 aliphatic carbocycles. The second-order valence-electron chi connectivity index (χ2n) is 3.83. The van der Waals surface area contributed by atoms with E-state index in [1.807, 2.05) is 6.07 Å². The standard InChI is InChI=1S/C11H11FN2O/c12-8-3-1-2-7(4-8)11-14-9-5-13-6-10(9)15-11/h1-4,9-10,13H,5-6H2. The maximum absolute atomic E-state index is 13.0. The maximum atomic E-state index is 13.0. The van der Waals surface area contributed by atoms with Crippen molar-refractivity contribution in [3.8, 4) is 0 Å². The van der Waals surface area contributed by atoms with Gasteiger partial charge in [-0.15, -0.1) is 0 Å². The van der Waals surface area contributed by atoms with Crippen LogP contribution in [0, 0.1) is 5.82 Å². The van der Waals surface area contributed by atoms with E-state index in [2.05, 4.69) is 10.3 Å². The lowest BCUT2D eigenvalue weighted by molar-refractivity contribution is 0.225. The Kier molecular flexibility index (Phi) is 1.95. The van der Waals surface area contributed by atoms with Crippen molar-refractivity contribution < 1.29 is 9.13 Å². The highest BCUT2D eigenvalue weighted by Crippen LogP contribution is 2.20. The molecule has 0 spiro atoms. The molecule has 1 aromatic rings. The molecule has 0 amide bonds. The van der Waals surface area contributed by atoms with Crippen LogP contribution in [0.15, 0.2) is 29.3 Å². The highest BCUT2D eigenvalue weighted by molar-refractivity contribution is 5.95. The third-order valence-electron chi connectivity index (χ3n) is 2.75. The number of halogens is 1. The van der Waals surface area contributed by atoms with Gasteiger partial charge in [0.05, 0.1) is 0 Å². The number of hydrogen-bond donors (Lipinski definition) is 1. The molecule has 2 atom stereocenters. The minimum Gasteiger partial charge on any atom is -0.470 e. The van der Waals surface area contributed by atoms with Gasteiger partial charge in [-0.1, -0.05) is 6.07 Å². The molecule has 3 nitrogen and oxygen atoms in total. The average molecular weight is 206 g/mol. The van der Waals surface area contributed by atoms with Crippen molar-refractivity contribution in [1.82, 2.24) is 5.32 Å². The molecular weight excluding hydrogens is 195 g/mol. The van der Waals surface area contributed by atoms with Crippen molar-refractivity contribution in [3.63, 3.8) is 0 Å². The van der Waals surface area contributed by atoms with E-state index in [-0.39, 0.29) is 18.0 Å². The lowest BCUT2D eigenvalue weighted by atomic mass is 10.2. The average Bonchev–Trinajstić information content (AvgIpc) is 2.76. The first-order chi connectivity index (χ1) is 7.33. The van der Waals surface area contributed by atoms with Crippen LogP contribution in [-0.4, -0.2) is 31.1 Å². The van der Waals surface area contributed by atoms with Crippen LogP contribution in [0.1, 0.15) is 5.56 Å². The lowest BCUT2D eigenvalue weighted by Crippen LogP contribution is -2.20. The van der Waals surface area contributed by atoms with E-state index in [0.29, 0.717) is 5.90 Å². The Hall–Kier alpha value is -1.42. The van der Waals surface area contributed by atoms with Crippen molar-refractivity contribution in [3.05, 3.63) is 35.6 Å². The summed E-state index contributed by atoms with van der Waals surface area (Å²) in [5.41, 5.74) is 0.726. The monoisotopic (exact) mass is 206 g/mol. The van der Waals surface area contributed by atoms with Crippen LogP contribution < -0.4 is 5.32 Å². The summed E-state index contributed by atoms with van der Waals surface area (Å²) in [4.78, 5) is 4.43. The van der Waals surface area contributed by atoms with Gasteiger partial charge in [0, 0.05) is 18.7 Å². The Morgan fingerprint density at radius 3 is 3.13 bits per heavy atom. The van der Waals surface area contributed by atoms with E-state index in [0.717, 1.165) is 18.7 Å². The summed E-state index contributed by atoms with van der Waals surface area (Å²) in [5.74, 6) is 0.319. The summed E-state index contributed by atoms with van der Waals surface area (Å²) in [6.07, 6.45) is 0.128. The number of nitrogens with one attached hydrogen (secondary N) is 1. The van der Waals surface area contributed by atoms with Gasteiger partial charge >= 0.3 is 0 Å². The van der Waals surface area contributed by atoms with Gasteiger partial charge in [0.2, 0.25) is 5.90 Å². The Bertz CT molecular complexity index is 419. The molecule has 4 heteroatoms. The number of ether oxygens (including phenoxy) is 1. The molecule has 1 aromatic carbocycles. The summed E-state index contributed by atoms with van der Waals surface area (Å²) in [6, 6.07) is 6.55. The van der Waals surface area contributed by atoms with Crippen LogP contribution in [0.3, 0.4) is 0 Å². The molecule has 0 saturated carbocycles. The fourth-order valence-electron chi connectivity index (χ4n) is 1.98. The normalized spacial score (nSPS) is 28.5. The van der Waals surface area contributed by atoms with E-state index in [9.17, 15) is 4.39 Å². The summed E-state index contributed by atoms with van der Waals surface area (Å²) in [5, 5.41) is 3.20. The minimum atomic E-state index is -0.256. The molecule has 3 rings (SSSR count). The number of nitrogens with zero attached hydrogens (tertiary/aromatic N) is 1. The van der Waals surface area contributed by atoms with Crippen molar-refractivity contribution in [2.75, 3.05) is 13.1 Å². The number of rotatable bonds is 1. The number of aliphatic imine (C=N–C) groups is 1. The van der Waals surface area contributed by atoms with Gasteiger partial charge in [-0.3, -0.25) is 0 Å². The molecule has 15 heavy (non-hydrogen) atoms. The maximum Gasteiger partial charge on any atom is 0.217 e. The Morgan fingerprint density at radius 2 is 2.33 bits per heavy atom. The first kappa shape index (κ1) is 8.85. The summed E-state index contributed by atoms with van der Waals surface area (Å²) in [7, 11) is 0. The van der Waals surface area contributed by atoms with Crippen LogP contribution in [0.4, 0.5) is 4.39 Å². The third-order valence-corrected chi connectivity index (χ3v) is 2.75. The van der Waals surface area contributed by atoms with Crippen molar-refractivity contribution in [2.24, 2.45) is 4.99 Å². The van der Waals surface area contributed by atoms with Gasteiger partial charge in [0.1, 0.15) is 18.0 Å². The highest BCUT2D eigenvalue weighted by Gasteiger charge is 2.35. The molecule has 78 valence electrons. The molecule has 2 aliphatic rings. The quantitative estimate of drug-likeness (QED) is 0.742. The lowest BCUT2D eigenvalue weighted by Gasteiger charge is -2.07. The van der Waals surface area contributed by atoms with Gasteiger partial charge in [0.25, 0.3) is 0 Å². The molecule has 0 aromatic heterocycles. The fraction of sp³-hybridized carbons (Fsp3) is 0.364. The highest BCUT2D eigenvalue weighted by atomic mass is 19.1. The van der Waals surface area contributed by atoms with Crippen LogP contribution >= 0.6 is 0 Å². The predicted octanol–water partition coefficient (Wildman–Crippen LogP) is 0.943. The van der Waals surface area contributed by atoms with Crippen molar-refractivity contribution in [1.29, 1.82) is 0 Å². The molecule has 1 saturated heterocycles. The molecule has 2 heterocycles. The molecule has 1 N–H and O–H groups in total. The van der Waals surface area contributed by atoms with E-state index in [4.69, 9.17) is 4.74 Å². The van der Waals surface area contributed by atoms with Gasteiger partial charge in [-0.05, 0) is 18.2 Å². The first-order valence-corrected chi connectivity index (χ1v) is 5.04. The van der Waals surface area contributed by atoms with E-state index in [1.165, 1.54) is 12.1 Å². The molecular formula is C11H11FN2O. The van der Waals surface area contributed by atoms with Crippen LogP contribution in [0.2, 0.25) is 0 Å². The zero-order valence-electron chi connectivity index (χ0n) is 8.11. The summed E-state index contributed by atoms with van der Waals surface area (Å²) >= 11 is 0. The molecule has 0 bridgehead atoms. The molecule has 0 radical (unpaired) electrons. The Labute approximate surface area is 87.0 Å². The Morgan fingerprint density at radius 1 is 1.40 bits per heavy atom. The van der Waals surface area contributed by atoms with Gasteiger partial charge in [0.15, 0.2) is 0 Å². The van der Waals surface area contributed by atoms with E-state index < -0.39 is 0 Å². The van der Waals surface area contributed by atoms with E-state index >= 15 is 0 Å². The van der Waals surface area contributed by atoms with Crippen LogP contribution in [-0.2, 0) is 4.74 Å². The zero-order valence-corrected chi connectivity index (χ0v) is 8.11. The second-order valence-corrected chi connectivity index (χ2v) is 3.83. The predicted molar refractivity (Wildman–Crippen MR) is 54.5 cm³/mol. The fourth-order valence-corrected chi connectivity index (χ4v) is 1.98.